The summed E-state index contributed by atoms with van der Waals surface area (Å²) in [7, 11) is -9.80. The van der Waals surface area contributed by atoms with Crippen LogP contribution in [0.1, 0.15) is 303 Å². The number of aliphatic hydroxyl groups excluding tert-OH is 2. The molecule has 0 aromatic rings. The minimum atomic E-state index is -4.94. The molecule has 0 radical (unpaired) electrons. The van der Waals surface area contributed by atoms with Gasteiger partial charge in [-0.1, -0.05) is 289 Å². The number of rotatable bonds is 73. The van der Waals surface area contributed by atoms with E-state index in [-0.39, 0.29) is 19.3 Å². The maximum absolute atomic E-state index is 13.0. The van der Waals surface area contributed by atoms with Gasteiger partial charge in [-0.05, 0) is 141 Å². The zero-order chi connectivity index (χ0) is 73.7. The molecule has 0 amide bonds. The lowest BCUT2D eigenvalue weighted by atomic mass is 10.0. The van der Waals surface area contributed by atoms with Gasteiger partial charge in [0.05, 0.1) is 26.4 Å². The molecule has 0 rings (SSSR count). The van der Waals surface area contributed by atoms with Crippen LogP contribution in [0.5, 0.6) is 0 Å². The highest BCUT2D eigenvalue weighted by Gasteiger charge is 2.29. The molecule has 0 saturated carbocycles. The highest BCUT2D eigenvalue weighted by molar-refractivity contribution is 7.47. The van der Waals surface area contributed by atoms with Gasteiger partial charge in [-0.25, -0.2) is 9.13 Å². The first kappa shape index (κ1) is 96.4. The maximum Gasteiger partial charge on any atom is 0.472 e. The molecule has 0 aliphatic heterocycles. The predicted molar refractivity (Wildman–Crippen MR) is 417 cm³/mol. The molecule has 101 heavy (non-hydrogen) atoms. The zero-order valence-corrected chi connectivity index (χ0v) is 64.8. The molecule has 4 N–H and O–H groups in total. The Hall–Kier alpha value is -4.57. The Morgan fingerprint density at radius 3 is 0.832 bits per heavy atom. The third kappa shape index (κ3) is 76.4. The zero-order valence-electron chi connectivity index (χ0n) is 63.0. The number of phosphoric ester groups is 2. The van der Waals surface area contributed by atoms with Crippen molar-refractivity contribution in [3.63, 3.8) is 0 Å². The van der Waals surface area contributed by atoms with E-state index in [1.165, 1.54) is 70.6 Å². The van der Waals surface area contributed by atoms with Gasteiger partial charge in [-0.15, -0.1) is 0 Å². The fraction of sp³-hybridized carbons (Fsp3) is 0.675. The smallest absolute Gasteiger partial charge is 0.463 e. The van der Waals surface area contributed by atoms with Crippen molar-refractivity contribution < 1.29 is 75.8 Å². The quantitative estimate of drug-likeness (QED) is 0.0146. The highest BCUT2D eigenvalue weighted by Crippen LogP contribution is 2.45. The van der Waals surface area contributed by atoms with E-state index < -0.39 is 91.5 Å². The number of esters is 3. The van der Waals surface area contributed by atoms with E-state index in [1.54, 1.807) is 0 Å². The first-order chi connectivity index (χ1) is 49.2. The lowest BCUT2D eigenvalue weighted by Crippen LogP contribution is -2.30. The summed E-state index contributed by atoms with van der Waals surface area (Å²) < 4.78 is 61.1. The summed E-state index contributed by atoms with van der Waals surface area (Å²) in [4.78, 5) is 58.6. The second kappa shape index (κ2) is 75.1. The molecule has 5 unspecified atom stereocenters. The number of carbonyl (C=O) groups excluding carboxylic acids is 3. The van der Waals surface area contributed by atoms with Crippen LogP contribution in [0.2, 0.25) is 0 Å². The highest BCUT2D eigenvalue weighted by atomic mass is 31.2. The Labute approximate surface area is 613 Å². The minimum absolute atomic E-state index is 0.0788. The third-order valence-corrected chi connectivity index (χ3v) is 17.9. The van der Waals surface area contributed by atoms with E-state index in [9.17, 15) is 43.5 Å². The van der Waals surface area contributed by atoms with Gasteiger partial charge in [0.2, 0.25) is 0 Å². The number of carbonyl (C=O) groups is 3. The molecule has 0 heterocycles. The predicted octanol–water partition coefficient (Wildman–Crippen LogP) is 22.9. The Balaban J connectivity index is 4.59. The van der Waals surface area contributed by atoms with Crippen molar-refractivity contribution in [1.29, 1.82) is 0 Å². The number of allylic oxidation sites excluding steroid dienone is 24. The van der Waals surface area contributed by atoms with Crippen molar-refractivity contribution in [2.75, 3.05) is 39.6 Å². The van der Waals surface area contributed by atoms with Crippen molar-refractivity contribution in [3.8, 4) is 0 Å². The van der Waals surface area contributed by atoms with Crippen molar-refractivity contribution in [2.24, 2.45) is 0 Å². The van der Waals surface area contributed by atoms with Crippen molar-refractivity contribution in [3.05, 3.63) is 146 Å². The summed E-state index contributed by atoms with van der Waals surface area (Å²) in [5, 5.41) is 20.6. The van der Waals surface area contributed by atoms with Crippen molar-refractivity contribution in [2.45, 2.75) is 322 Å². The van der Waals surface area contributed by atoms with Gasteiger partial charge in [-0.3, -0.25) is 32.5 Å². The molecule has 0 aliphatic carbocycles. The van der Waals surface area contributed by atoms with Gasteiger partial charge in [0, 0.05) is 19.3 Å². The molecule has 0 aromatic heterocycles. The molecule has 0 saturated heterocycles. The summed E-state index contributed by atoms with van der Waals surface area (Å²) in [5.41, 5.74) is 0. The van der Waals surface area contributed by atoms with Crippen LogP contribution in [-0.4, -0.2) is 95.9 Å². The maximum atomic E-state index is 13.0. The lowest BCUT2D eigenvalue weighted by Gasteiger charge is -2.21. The van der Waals surface area contributed by atoms with Crippen LogP contribution in [0.15, 0.2) is 146 Å². The standard InChI is InChI=1S/C83H140O16P2/c1-4-7-10-13-16-19-22-25-28-30-32-34-36-37-38-39-41-43-44-46-49-51-54-57-60-63-66-69-81(86)93-72-78(84)73-95-100(89,90)96-74-79(85)75-97-101(91,92)98-77-80(99-83(88)71-68-65-62-59-56-53-48-27-24-21-18-15-12-9-6-3)76-94-82(87)70-67-64-61-58-55-52-50-47-45-42-40-35-33-31-29-26-23-20-17-14-11-8-5-2/h7,9-10,12,16-21,25-29,32-35,37-38,42,45,48,78-80,84-85H,4-6,8,11,13-15,22-24,30-31,36,39-41,43-44,46-47,49-77H2,1-3H3,(H,89,90)(H,91,92)/b10-7-,12-9-,19-16-,20-17-,21-18-,28-25-,29-26-,34-32-,35-33-,38-37-,45-42-,48-27-. The van der Waals surface area contributed by atoms with E-state index in [1.807, 2.05) is 0 Å². The Bertz CT molecular complexity index is 2420. The van der Waals surface area contributed by atoms with Crippen molar-refractivity contribution >= 4 is 33.6 Å². The number of unbranched alkanes of at least 4 members (excludes halogenated alkanes) is 26. The van der Waals surface area contributed by atoms with E-state index in [0.717, 1.165) is 173 Å². The number of hydrogen-bond donors (Lipinski definition) is 4. The third-order valence-electron chi connectivity index (χ3n) is 16.0. The summed E-state index contributed by atoms with van der Waals surface area (Å²) in [5.74, 6) is -1.61. The SMILES string of the molecule is CC/C=C\C/C=C\C/C=C\C/C=C\C/C=C\CCCCCCCCCCCCCC(=O)OCC(O)COP(=O)(O)OCC(O)COP(=O)(O)OCC(COC(=O)CCCCCCCCC/C=C\C/C=C\C/C=C\C/C=C\CCCCC)OC(=O)CCCCCCC/C=C\C/C=C\C/C=C\CC. The monoisotopic (exact) mass is 1450 g/mol. The van der Waals surface area contributed by atoms with Crippen molar-refractivity contribution in [1.82, 2.24) is 0 Å². The van der Waals surface area contributed by atoms with E-state index in [4.69, 9.17) is 32.3 Å². The second-order valence-electron chi connectivity index (χ2n) is 25.7. The molecule has 16 nitrogen and oxygen atoms in total. The average Bonchev–Trinajstić information content (AvgIpc) is 0.951. The van der Waals surface area contributed by atoms with Gasteiger partial charge < -0.3 is 34.2 Å². The van der Waals surface area contributed by atoms with E-state index in [2.05, 4.69) is 167 Å². The molecule has 0 aliphatic rings. The molecular weight excluding hydrogens is 1310 g/mol. The molecule has 0 aromatic carbocycles. The Kier molecular flexibility index (Phi) is 71.7. The van der Waals surface area contributed by atoms with Crippen LogP contribution in [0.25, 0.3) is 0 Å². The summed E-state index contributed by atoms with van der Waals surface area (Å²) in [6.45, 7) is 2.39. The fourth-order valence-corrected chi connectivity index (χ4v) is 11.7. The average molecular weight is 1460 g/mol. The van der Waals surface area contributed by atoms with Crippen LogP contribution in [-0.2, 0) is 55.8 Å². The Morgan fingerprint density at radius 2 is 0.525 bits per heavy atom. The van der Waals surface area contributed by atoms with Gasteiger partial charge in [0.15, 0.2) is 6.10 Å². The fourth-order valence-electron chi connectivity index (χ4n) is 10.1. The topological polar surface area (TPSA) is 231 Å². The molecule has 0 fully saturated rings. The summed E-state index contributed by atoms with van der Waals surface area (Å²) >= 11 is 0. The number of hydrogen-bond acceptors (Lipinski definition) is 14. The number of ether oxygens (including phenoxy) is 3. The van der Waals surface area contributed by atoms with Crippen LogP contribution >= 0.6 is 15.6 Å². The molecule has 5 atom stereocenters. The van der Waals surface area contributed by atoms with Gasteiger partial charge >= 0.3 is 33.6 Å². The van der Waals surface area contributed by atoms with Crippen LogP contribution in [0.3, 0.4) is 0 Å². The van der Waals surface area contributed by atoms with Crippen LogP contribution in [0.4, 0.5) is 0 Å². The number of phosphoric acid groups is 2. The molecule has 0 spiro atoms. The van der Waals surface area contributed by atoms with E-state index in [0.29, 0.717) is 19.3 Å². The first-order valence-corrected chi connectivity index (χ1v) is 42.1. The normalized spacial score (nSPS) is 14.8. The molecular formula is C83H140O16P2. The molecule has 578 valence electrons. The summed E-state index contributed by atoms with van der Waals surface area (Å²) in [6, 6.07) is 0. The van der Waals surface area contributed by atoms with Gasteiger partial charge in [0.1, 0.15) is 25.4 Å². The lowest BCUT2D eigenvalue weighted by molar-refractivity contribution is -0.161. The largest absolute Gasteiger partial charge is 0.472 e. The van der Waals surface area contributed by atoms with Gasteiger partial charge in [-0.2, -0.15) is 0 Å². The molecule has 18 heteroatoms. The minimum Gasteiger partial charge on any atom is -0.463 e. The van der Waals surface area contributed by atoms with Crippen LogP contribution in [0, 0.1) is 0 Å². The summed E-state index contributed by atoms with van der Waals surface area (Å²) in [6.07, 6.45) is 91.7. The van der Waals surface area contributed by atoms with Gasteiger partial charge in [0.25, 0.3) is 0 Å². The first-order valence-electron chi connectivity index (χ1n) is 39.1. The Morgan fingerprint density at radius 1 is 0.287 bits per heavy atom. The molecule has 0 bridgehead atoms. The van der Waals surface area contributed by atoms with Crippen LogP contribution < -0.4 is 0 Å². The van der Waals surface area contributed by atoms with E-state index >= 15 is 0 Å². The second-order valence-corrected chi connectivity index (χ2v) is 28.7. The number of aliphatic hydroxyl groups is 2.